The van der Waals surface area contributed by atoms with Gasteiger partial charge in [0, 0.05) is 4.47 Å². The van der Waals surface area contributed by atoms with Gasteiger partial charge in [0.2, 0.25) is 0 Å². The molecule has 5 nitrogen and oxygen atoms in total. The monoisotopic (exact) mass is 296 g/mol. The van der Waals surface area contributed by atoms with Gasteiger partial charge in [-0.05, 0) is 30.2 Å². The van der Waals surface area contributed by atoms with Crippen molar-refractivity contribution in [3.05, 3.63) is 40.4 Å². The van der Waals surface area contributed by atoms with Crippen molar-refractivity contribution < 1.29 is 4.74 Å². The number of H-pyrrole nitrogens is 1. The SMILES string of the molecule is COc1ccc(Br)cc1CC(N)c1ncn[nH]1. The second-order valence-electron chi connectivity index (χ2n) is 3.64. The molecule has 1 heterocycles. The average Bonchev–Trinajstić information content (AvgIpc) is 2.83. The fourth-order valence-corrected chi connectivity index (χ4v) is 2.04. The van der Waals surface area contributed by atoms with Gasteiger partial charge in [-0.3, -0.25) is 5.10 Å². The van der Waals surface area contributed by atoms with Crippen LogP contribution in [-0.2, 0) is 6.42 Å². The van der Waals surface area contributed by atoms with Gasteiger partial charge in [-0.25, -0.2) is 4.98 Å². The first-order valence-electron chi connectivity index (χ1n) is 5.14. The van der Waals surface area contributed by atoms with Crippen LogP contribution in [0.4, 0.5) is 0 Å². The second kappa shape index (κ2) is 5.29. The lowest BCUT2D eigenvalue weighted by atomic mass is 10.1. The molecule has 1 unspecified atom stereocenters. The molecule has 1 aromatic heterocycles. The van der Waals surface area contributed by atoms with Crippen LogP contribution in [-0.4, -0.2) is 22.3 Å². The first-order valence-corrected chi connectivity index (χ1v) is 5.93. The third-order valence-electron chi connectivity index (χ3n) is 2.47. The number of benzene rings is 1. The van der Waals surface area contributed by atoms with Crippen LogP contribution < -0.4 is 10.5 Å². The number of halogens is 1. The van der Waals surface area contributed by atoms with Crippen molar-refractivity contribution in [3.63, 3.8) is 0 Å². The molecule has 3 N–H and O–H groups in total. The van der Waals surface area contributed by atoms with Crippen molar-refractivity contribution in [2.24, 2.45) is 5.73 Å². The summed E-state index contributed by atoms with van der Waals surface area (Å²) < 4.78 is 6.29. The van der Waals surface area contributed by atoms with Gasteiger partial charge in [0.05, 0.1) is 13.2 Å². The molecule has 0 fully saturated rings. The van der Waals surface area contributed by atoms with Crippen LogP contribution in [0.2, 0.25) is 0 Å². The van der Waals surface area contributed by atoms with Gasteiger partial charge in [-0.1, -0.05) is 15.9 Å². The number of nitrogens with two attached hydrogens (primary N) is 1. The zero-order chi connectivity index (χ0) is 12.3. The molecule has 17 heavy (non-hydrogen) atoms. The minimum absolute atomic E-state index is 0.222. The predicted molar refractivity (Wildman–Crippen MR) is 67.7 cm³/mol. The number of aromatic nitrogens is 3. The van der Waals surface area contributed by atoms with Crippen LogP contribution in [0.1, 0.15) is 17.4 Å². The van der Waals surface area contributed by atoms with Gasteiger partial charge in [0.25, 0.3) is 0 Å². The molecule has 0 amide bonds. The standard InChI is InChI=1S/C11H13BrN4O/c1-17-10-3-2-8(12)4-7(10)5-9(13)11-14-6-15-16-11/h2-4,6,9H,5,13H2,1H3,(H,14,15,16). The van der Waals surface area contributed by atoms with Crippen LogP contribution in [0.25, 0.3) is 0 Å². The van der Waals surface area contributed by atoms with Gasteiger partial charge in [-0.2, -0.15) is 5.10 Å². The van der Waals surface area contributed by atoms with Crippen LogP contribution in [0.15, 0.2) is 29.0 Å². The smallest absolute Gasteiger partial charge is 0.141 e. The summed E-state index contributed by atoms with van der Waals surface area (Å²) in [5, 5.41) is 6.56. The number of nitrogens with zero attached hydrogens (tertiary/aromatic N) is 2. The molecule has 0 aliphatic rings. The second-order valence-corrected chi connectivity index (χ2v) is 4.55. The molecule has 0 saturated heterocycles. The summed E-state index contributed by atoms with van der Waals surface area (Å²) in [6.45, 7) is 0. The normalized spacial score (nSPS) is 12.4. The number of methoxy groups -OCH3 is 1. The molecule has 0 spiro atoms. The van der Waals surface area contributed by atoms with Gasteiger partial charge in [-0.15, -0.1) is 0 Å². The number of ether oxygens (including phenoxy) is 1. The Morgan fingerprint density at radius 3 is 3.00 bits per heavy atom. The van der Waals surface area contributed by atoms with E-state index in [9.17, 15) is 0 Å². The van der Waals surface area contributed by atoms with Gasteiger partial charge in [0.15, 0.2) is 0 Å². The number of nitrogens with one attached hydrogen (secondary N) is 1. The maximum atomic E-state index is 6.04. The molecular weight excluding hydrogens is 284 g/mol. The van der Waals surface area contributed by atoms with E-state index < -0.39 is 0 Å². The molecule has 6 heteroatoms. The fraction of sp³-hybridized carbons (Fsp3) is 0.273. The summed E-state index contributed by atoms with van der Waals surface area (Å²) in [5.41, 5.74) is 7.07. The molecule has 90 valence electrons. The first kappa shape index (κ1) is 12.1. The summed E-state index contributed by atoms with van der Waals surface area (Å²) in [6.07, 6.45) is 2.09. The topological polar surface area (TPSA) is 76.8 Å². The van der Waals surface area contributed by atoms with Crippen molar-refractivity contribution in [2.45, 2.75) is 12.5 Å². The largest absolute Gasteiger partial charge is 0.496 e. The summed E-state index contributed by atoms with van der Waals surface area (Å²) in [5.74, 6) is 1.50. The quantitative estimate of drug-likeness (QED) is 0.902. The molecule has 0 radical (unpaired) electrons. The number of hydrogen-bond donors (Lipinski definition) is 2. The average molecular weight is 297 g/mol. The van der Waals surface area contributed by atoms with Gasteiger partial charge in [0.1, 0.15) is 17.9 Å². The first-order chi connectivity index (χ1) is 8.20. The number of aromatic amines is 1. The molecule has 0 bridgehead atoms. The van der Waals surface area contributed by atoms with E-state index in [2.05, 4.69) is 31.1 Å². The van der Waals surface area contributed by atoms with Crippen LogP contribution in [0.3, 0.4) is 0 Å². The van der Waals surface area contributed by atoms with E-state index >= 15 is 0 Å². The lowest BCUT2D eigenvalue weighted by Gasteiger charge is -2.12. The van der Waals surface area contributed by atoms with Gasteiger partial charge >= 0.3 is 0 Å². The van der Waals surface area contributed by atoms with E-state index in [4.69, 9.17) is 10.5 Å². The Morgan fingerprint density at radius 1 is 1.53 bits per heavy atom. The minimum Gasteiger partial charge on any atom is -0.496 e. The van der Waals surface area contributed by atoms with Crippen molar-refractivity contribution in [1.29, 1.82) is 0 Å². The Bertz CT molecular complexity index is 486. The van der Waals surface area contributed by atoms with Crippen molar-refractivity contribution in [1.82, 2.24) is 15.2 Å². The predicted octanol–water partition coefficient (Wildman–Crippen LogP) is 1.82. The molecule has 0 saturated carbocycles. The highest BCUT2D eigenvalue weighted by atomic mass is 79.9. The third-order valence-corrected chi connectivity index (χ3v) is 2.96. The molecular formula is C11H13BrN4O. The van der Waals surface area contributed by atoms with E-state index in [1.165, 1.54) is 6.33 Å². The third kappa shape index (κ3) is 2.83. The molecule has 1 aromatic carbocycles. The molecule has 2 aromatic rings. The Morgan fingerprint density at radius 2 is 2.35 bits per heavy atom. The van der Waals surface area contributed by atoms with Crippen LogP contribution in [0, 0.1) is 0 Å². The van der Waals surface area contributed by atoms with Crippen molar-refractivity contribution in [2.75, 3.05) is 7.11 Å². The summed E-state index contributed by atoms with van der Waals surface area (Å²) in [4.78, 5) is 4.05. The van der Waals surface area contributed by atoms with E-state index in [1.807, 2.05) is 18.2 Å². The van der Waals surface area contributed by atoms with E-state index in [0.717, 1.165) is 15.8 Å². The van der Waals surface area contributed by atoms with E-state index in [-0.39, 0.29) is 6.04 Å². The number of rotatable bonds is 4. The maximum Gasteiger partial charge on any atom is 0.141 e. The highest BCUT2D eigenvalue weighted by molar-refractivity contribution is 9.10. The van der Waals surface area contributed by atoms with Crippen molar-refractivity contribution >= 4 is 15.9 Å². The summed E-state index contributed by atoms with van der Waals surface area (Å²) in [6, 6.07) is 5.62. The van der Waals surface area contributed by atoms with E-state index in [0.29, 0.717) is 12.2 Å². The maximum absolute atomic E-state index is 6.04. The molecule has 0 aliphatic carbocycles. The molecule has 0 aliphatic heterocycles. The summed E-state index contributed by atoms with van der Waals surface area (Å²) >= 11 is 3.43. The number of hydrogen-bond acceptors (Lipinski definition) is 4. The lowest BCUT2D eigenvalue weighted by Crippen LogP contribution is -2.15. The zero-order valence-corrected chi connectivity index (χ0v) is 10.9. The van der Waals surface area contributed by atoms with Gasteiger partial charge < -0.3 is 10.5 Å². The molecule has 1 atom stereocenters. The Kier molecular flexibility index (Phi) is 3.75. The van der Waals surface area contributed by atoms with Crippen LogP contribution >= 0.6 is 15.9 Å². The zero-order valence-electron chi connectivity index (χ0n) is 9.35. The van der Waals surface area contributed by atoms with Crippen molar-refractivity contribution in [3.8, 4) is 5.75 Å². The Labute approximate surface area is 108 Å². The van der Waals surface area contributed by atoms with E-state index in [1.54, 1.807) is 7.11 Å². The molecule has 2 rings (SSSR count). The Balaban J connectivity index is 2.20. The lowest BCUT2D eigenvalue weighted by molar-refractivity contribution is 0.407. The van der Waals surface area contributed by atoms with Crippen LogP contribution in [0.5, 0.6) is 5.75 Å². The fourth-order valence-electron chi connectivity index (χ4n) is 1.63. The minimum atomic E-state index is -0.222. The highest BCUT2D eigenvalue weighted by Crippen LogP contribution is 2.26. The summed E-state index contributed by atoms with van der Waals surface area (Å²) in [7, 11) is 1.65. The highest BCUT2D eigenvalue weighted by Gasteiger charge is 2.13. The Hall–Kier alpha value is -1.40.